The van der Waals surface area contributed by atoms with Crippen LogP contribution in [-0.2, 0) is 4.79 Å². The molecular weight excluding hydrogens is 371 g/mol. The lowest BCUT2D eigenvalue weighted by atomic mass is 9.80. The molecule has 2 N–H and O–H groups in total. The predicted octanol–water partition coefficient (Wildman–Crippen LogP) is 3.90. The van der Waals surface area contributed by atoms with E-state index in [1.54, 1.807) is 19.1 Å². The van der Waals surface area contributed by atoms with Crippen molar-refractivity contribution in [2.45, 2.75) is 46.2 Å². The van der Waals surface area contributed by atoms with Gasteiger partial charge in [0.15, 0.2) is 0 Å². The second-order valence-electron chi connectivity index (χ2n) is 7.34. The van der Waals surface area contributed by atoms with Crippen molar-refractivity contribution in [3.63, 3.8) is 0 Å². The summed E-state index contributed by atoms with van der Waals surface area (Å²) in [7, 11) is 0. The number of nitrogens with zero attached hydrogens (tertiary/aromatic N) is 2. The van der Waals surface area contributed by atoms with Crippen LogP contribution in [0.25, 0.3) is 0 Å². The van der Waals surface area contributed by atoms with E-state index in [0.717, 1.165) is 17.7 Å². The van der Waals surface area contributed by atoms with Crippen molar-refractivity contribution in [1.29, 1.82) is 0 Å². The van der Waals surface area contributed by atoms with E-state index >= 15 is 0 Å². The number of aromatic nitrogens is 1. The molecule has 0 bridgehead atoms. The van der Waals surface area contributed by atoms with Gasteiger partial charge in [-0.2, -0.15) is 0 Å². The fourth-order valence-corrected chi connectivity index (χ4v) is 4.13. The summed E-state index contributed by atoms with van der Waals surface area (Å²) in [4.78, 5) is 30.8. The summed E-state index contributed by atoms with van der Waals surface area (Å²) < 4.78 is 13.3. The Balaban J connectivity index is 2.10. The van der Waals surface area contributed by atoms with E-state index in [-0.39, 0.29) is 29.8 Å². The molecule has 2 aromatic rings. The third kappa shape index (κ3) is 4.09. The standard InChI is InChI=1S/C22H27FN4O2/c1-5-18-13(3)21(26-20-10-8-16(23)12-25-20)17-11-15(22(29)24-6-2)7-9-19(17)27(18)14(4)28/h7-13,18,21H,5-6H2,1-4H3,(H,24,29)(H,25,26). The first-order valence-corrected chi connectivity index (χ1v) is 9.97. The molecule has 2 amide bonds. The molecule has 7 heteroatoms. The SMILES string of the molecule is CCNC(=O)c1ccc2c(c1)C(Nc1ccc(F)cn1)C(C)C(CC)N2C(C)=O. The first-order valence-electron chi connectivity index (χ1n) is 9.97. The molecule has 3 atom stereocenters. The van der Waals surface area contributed by atoms with E-state index in [1.165, 1.54) is 12.3 Å². The van der Waals surface area contributed by atoms with Crippen molar-refractivity contribution in [2.24, 2.45) is 5.92 Å². The van der Waals surface area contributed by atoms with Gasteiger partial charge in [0.05, 0.1) is 12.2 Å². The predicted molar refractivity (Wildman–Crippen MR) is 111 cm³/mol. The van der Waals surface area contributed by atoms with Crippen LogP contribution >= 0.6 is 0 Å². The number of hydrogen-bond donors (Lipinski definition) is 2. The summed E-state index contributed by atoms with van der Waals surface area (Å²) in [6.45, 7) is 8.09. The fourth-order valence-electron chi connectivity index (χ4n) is 4.13. The number of anilines is 2. The van der Waals surface area contributed by atoms with Gasteiger partial charge in [-0.25, -0.2) is 9.37 Å². The molecule has 3 rings (SSSR count). The van der Waals surface area contributed by atoms with Gasteiger partial charge in [0, 0.05) is 36.7 Å². The van der Waals surface area contributed by atoms with Crippen molar-refractivity contribution in [3.8, 4) is 0 Å². The average Bonchev–Trinajstić information content (AvgIpc) is 2.70. The molecule has 0 fully saturated rings. The second kappa shape index (κ2) is 8.59. The van der Waals surface area contributed by atoms with E-state index < -0.39 is 5.82 Å². The Labute approximate surface area is 170 Å². The summed E-state index contributed by atoms with van der Waals surface area (Å²) in [6.07, 6.45) is 1.95. The largest absolute Gasteiger partial charge is 0.363 e. The molecule has 0 saturated heterocycles. The quantitative estimate of drug-likeness (QED) is 0.801. The third-order valence-electron chi connectivity index (χ3n) is 5.47. The number of rotatable bonds is 5. The van der Waals surface area contributed by atoms with Crippen LogP contribution in [0, 0.1) is 11.7 Å². The Morgan fingerprint density at radius 2 is 1.97 bits per heavy atom. The average molecular weight is 398 g/mol. The summed E-state index contributed by atoms with van der Waals surface area (Å²) in [5.74, 6) is -0.000460. The van der Waals surface area contributed by atoms with E-state index in [2.05, 4.69) is 29.5 Å². The Hall–Kier alpha value is -2.96. The van der Waals surface area contributed by atoms with Gasteiger partial charge >= 0.3 is 0 Å². The third-order valence-corrected chi connectivity index (χ3v) is 5.47. The molecule has 1 aromatic heterocycles. The highest BCUT2D eigenvalue weighted by atomic mass is 19.1. The van der Waals surface area contributed by atoms with Crippen LogP contribution in [0.3, 0.4) is 0 Å². The van der Waals surface area contributed by atoms with Crippen LogP contribution in [0.4, 0.5) is 15.9 Å². The molecule has 0 aliphatic carbocycles. The van der Waals surface area contributed by atoms with Crippen LogP contribution in [0.1, 0.15) is 56.1 Å². The van der Waals surface area contributed by atoms with Gasteiger partial charge in [-0.3, -0.25) is 9.59 Å². The van der Waals surface area contributed by atoms with Crippen LogP contribution < -0.4 is 15.5 Å². The van der Waals surface area contributed by atoms with E-state index in [1.807, 2.05) is 24.0 Å². The number of nitrogens with one attached hydrogen (secondary N) is 2. The van der Waals surface area contributed by atoms with Gasteiger partial charge in [0.25, 0.3) is 5.91 Å². The molecule has 0 radical (unpaired) electrons. The van der Waals surface area contributed by atoms with Crippen molar-refractivity contribution < 1.29 is 14.0 Å². The zero-order chi connectivity index (χ0) is 21.1. The lowest BCUT2D eigenvalue weighted by Crippen LogP contribution is -2.49. The molecule has 0 spiro atoms. The van der Waals surface area contributed by atoms with Crippen molar-refractivity contribution in [1.82, 2.24) is 10.3 Å². The zero-order valence-corrected chi connectivity index (χ0v) is 17.2. The minimum absolute atomic E-state index is 0.00623. The maximum absolute atomic E-state index is 13.3. The molecule has 1 aliphatic rings. The molecule has 6 nitrogen and oxygen atoms in total. The van der Waals surface area contributed by atoms with Crippen LogP contribution in [-0.4, -0.2) is 29.4 Å². The Kier molecular flexibility index (Phi) is 6.15. The molecule has 3 unspecified atom stereocenters. The number of pyridine rings is 1. The highest BCUT2D eigenvalue weighted by molar-refractivity contribution is 5.98. The molecule has 29 heavy (non-hydrogen) atoms. The minimum atomic E-state index is -0.402. The van der Waals surface area contributed by atoms with Crippen molar-refractivity contribution in [2.75, 3.05) is 16.8 Å². The van der Waals surface area contributed by atoms with Crippen LogP contribution in [0.2, 0.25) is 0 Å². The summed E-state index contributed by atoms with van der Waals surface area (Å²) in [5, 5.41) is 6.20. The molecule has 1 aliphatic heterocycles. The summed E-state index contributed by atoms with van der Waals surface area (Å²) >= 11 is 0. The van der Waals surface area contributed by atoms with E-state index in [4.69, 9.17) is 0 Å². The number of amides is 2. The van der Waals surface area contributed by atoms with Crippen molar-refractivity contribution >= 4 is 23.3 Å². The van der Waals surface area contributed by atoms with Gasteiger partial charge in [-0.1, -0.05) is 13.8 Å². The number of hydrogen-bond acceptors (Lipinski definition) is 4. The lowest BCUT2D eigenvalue weighted by molar-refractivity contribution is -0.117. The molecule has 2 heterocycles. The number of carbonyl (C=O) groups is 2. The van der Waals surface area contributed by atoms with Gasteiger partial charge in [-0.15, -0.1) is 0 Å². The summed E-state index contributed by atoms with van der Waals surface area (Å²) in [5.41, 5.74) is 2.18. The maximum Gasteiger partial charge on any atom is 0.251 e. The second-order valence-corrected chi connectivity index (χ2v) is 7.34. The van der Waals surface area contributed by atoms with Crippen LogP contribution in [0.15, 0.2) is 36.5 Å². The highest BCUT2D eigenvalue weighted by Crippen LogP contribution is 2.43. The number of carbonyl (C=O) groups excluding carboxylic acids is 2. The van der Waals surface area contributed by atoms with Crippen molar-refractivity contribution in [3.05, 3.63) is 53.5 Å². The maximum atomic E-state index is 13.3. The van der Waals surface area contributed by atoms with Crippen LogP contribution in [0.5, 0.6) is 0 Å². The zero-order valence-electron chi connectivity index (χ0n) is 17.2. The Morgan fingerprint density at radius 3 is 2.55 bits per heavy atom. The summed E-state index contributed by atoms with van der Waals surface area (Å²) in [6, 6.07) is 8.17. The molecular formula is C22H27FN4O2. The Morgan fingerprint density at radius 1 is 1.21 bits per heavy atom. The van der Waals surface area contributed by atoms with E-state index in [0.29, 0.717) is 17.9 Å². The number of fused-ring (bicyclic) bond motifs is 1. The van der Waals surface area contributed by atoms with E-state index in [9.17, 15) is 14.0 Å². The fraction of sp³-hybridized carbons (Fsp3) is 0.409. The van der Waals surface area contributed by atoms with Gasteiger partial charge in [0.2, 0.25) is 5.91 Å². The van der Waals surface area contributed by atoms with Gasteiger partial charge in [-0.05, 0) is 49.2 Å². The van der Waals surface area contributed by atoms with Gasteiger partial charge in [0.1, 0.15) is 11.6 Å². The first kappa shape index (κ1) is 20.8. The molecule has 154 valence electrons. The smallest absolute Gasteiger partial charge is 0.251 e. The monoisotopic (exact) mass is 398 g/mol. The normalized spacial score (nSPS) is 20.7. The minimum Gasteiger partial charge on any atom is -0.363 e. The number of halogens is 1. The number of benzene rings is 1. The molecule has 1 aromatic carbocycles. The van der Waals surface area contributed by atoms with Gasteiger partial charge < -0.3 is 15.5 Å². The topological polar surface area (TPSA) is 74.3 Å². The molecule has 0 saturated carbocycles. The lowest BCUT2D eigenvalue weighted by Gasteiger charge is -2.45. The highest BCUT2D eigenvalue weighted by Gasteiger charge is 2.40. The first-order chi connectivity index (χ1) is 13.9. The Bertz CT molecular complexity index is 900.